The van der Waals surface area contributed by atoms with Gasteiger partial charge in [0.25, 0.3) is 0 Å². The third-order valence-electron chi connectivity index (χ3n) is 2.44. The molecule has 0 unspecified atom stereocenters. The predicted octanol–water partition coefficient (Wildman–Crippen LogP) is 1.04. The van der Waals surface area contributed by atoms with Gasteiger partial charge in [-0.05, 0) is 24.6 Å². The van der Waals surface area contributed by atoms with Gasteiger partial charge in [-0.2, -0.15) is 0 Å². The van der Waals surface area contributed by atoms with Crippen molar-refractivity contribution < 1.29 is 12.9 Å². The minimum Gasteiger partial charge on any atom is -0.399 e. The van der Waals surface area contributed by atoms with Gasteiger partial charge in [0.15, 0.2) is 0 Å². The van der Waals surface area contributed by atoms with E-state index in [9.17, 15) is 8.42 Å². The van der Waals surface area contributed by atoms with Gasteiger partial charge in [0.05, 0.1) is 17.1 Å². The van der Waals surface area contributed by atoms with E-state index in [0.717, 1.165) is 0 Å². The molecule has 1 heterocycles. The molecule has 6 nitrogen and oxygen atoms in total. The fraction of sp³-hybridized carbons (Fsp3) is 0.182. The number of anilines is 1. The molecule has 0 radical (unpaired) electrons. The average Bonchev–Trinajstić information content (AvgIpc) is 2.83. The lowest BCUT2D eigenvalue weighted by Crippen LogP contribution is -2.24. The summed E-state index contributed by atoms with van der Waals surface area (Å²) in [6.45, 7) is 1.79. The summed E-state index contributed by atoms with van der Waals surface area (Å²) in [7, 11) is -3.60. The third-order valence-corrected chi connectivity index (χ3v) is 3.98. The first-order chi connectivity index (χ1) is 8.49. The van der Waals surface area contributed by atoms with Crippen molar-refractivity contribution in [2.24, 2.45) is 0 Å². The number of nitrogens with two attached hydrogens (primary N) is 1. The molecule has 7 heteroatoms. The maximum atomic E-state index is 12.1. The molecule has 0 bridgehead atoms. The van der Waals surface area contributed by atoms with Crippen molar-refractivity contribution in [2.75, 3.05) is 5.73 Å². The molecule has 2 rings (SSSR count). The Morgan fingerprint density at radius 1 is 1.39 bits per heavy atom. The highest BCUT2D eigenvalue weighted by molar-refractivity contribution is 7.89. The quantitative estimate of drug-likeness (QED) is 0.807. The van der Waals surface area contributed by atoms with Crippen molar-refractivity contribution in [1.29, 1.82) is 0 Å². The Morgan fingerprint density at radius 3 is 2.83 bits per heavy atom. The zero-order valence-corrected chi connectivity index (χ0v) is 10.6. The van der Waals surface area contributed by atoms with Crippen LogP contribution in [-0.2, 0) is 16.6 Å². The van der Waals surface area contributed by atoms with Crippen LogP contribution >= 0.6 is 0 Å². The molecule has 2 aromatic rings. The standard InChI is InChI=1S/C11H13N3O3S/c1-8-2-3-9(12)6-11(8)18(15,16)13-7-10-4-5-17-14-10/h2-6,13H,7,12H2,1H3. The summed E-state index contributed by atoms with van der Waals surface area (Å²) in [6, 6.07) is 6.35. The van der Waals surface area contributed by atoms with E-state index in [1.165, 1.54) is 12.3 Å². The zero-order chi connectivity index (χ0) is 13.2. The Labute approximate surface area is 105 Å². The normalized spacial score (nSPS) is 11.6. The van der Waals surface area contributed by atoms with E-state index in [2.05, 4.69) is 14.4 Å². The van der Waals surface area contributed by atoms with Gasteiger partial charge in [-0.15, -0.1) is 0 Å². The van der Waals surface area contributed by atoms with Crippen molar-refractivity contribution in [2.45, 2.75) is 18.4 Å². The van der Waals surface area contributed by atoms with Crippen LogP contribution in [0.3, 0.4) is 0 Å². The third kappa shape index (κ3) is 2.69. The average molecular weight is 267 g/mol. The second kappa shape index (κ2) is 4.79. The van der Waals surface area contributed by atoms with Crippen LogP contribution in [0.4, 0.5) is 5.69 Å². The molecule has 1 aromatic carbocycles. The van der Waals surface area contributed by atoms with Crippen molar-refractivity contribution in [3.05, 3.63) is 41.8 Å². The minimum absolute atomic E-state index is 0.0765. The number of sulfonamides is 1. The van der Waals surface area contributed by atoms with E-state index >= 15 is 0 Å². The number of nitrogens with zero attached hydrogens (tertiary/aromatic N) is 1. The molecule has 0 atom stereocenters. The van der Waals surface area contributed by atoms with Gasteiger partial charge in [-0.1, -0.05) is 11.2 Å². The van der Waals surface area contributed by atoms with E-state index in [1.807, 2.05) is 0 Å². The molecule has 3 N–H and O–H groups in total. The van der Waals surface area contributed by atoms with Crippen molar-refractivity contribution >= 4 is 15.7 Å². The summed E-state index contributed by atoms with van der Waals surface area (Å²) in [5.41, 5.74) is 7.15. The molecular weight excluding hydrogens is 254 g/mol. The number of hydrogen-bond acceptors (Lipinski definition) is 5. The van der Waals surface area contributed by atoms with Gasteiger partial charge >= 0.3 is 0 Å². The number of nitrogens with one attached hydrogen (secondary N) is 1. The summed E-state index contributed by atoms with van der Waals surface area (Å²) >= 11 is 0. The second-order valence-electron chi connectivity index (χ2n) is 3.84. The maximum absolute atomic E-state index is 12.1. The van der Waals surface area contributed by atoms with E-state index in [1.54, 1.807) is 25.1 Å². The predicted molar refractivity (Wildman–Crippen MR) is 66.1 cm³/mol. The lowest BCUT2D eigenvalue weighted by Gasteiger charge is -2.08. The second-order valence-corrected chi connectivity index (χ2v) is 5.58. The molecule has 0 amide bonds. The smallest absolute Gasteiger partial charge is 0.241 e. The number of hydrogen-bond donors (Lipinski definition) is 2. The van der Waals surface area contributed by atoms with Crippen LogP contribution in [0.2, 0.25) is 0 Å². The van der Waals surface area contributed by atoms with Gasteiger partial charge in [-0.25, -0.2) is 13.1 Å². The SMILES string of the molecule is Cc1ccc(N)cc1S(=O)(=O)NCc1ccon1. The zero-order valence-electron chi connectivity index (χ0n) is 9.75. The van der Waals surface area contributed by atoms with Gasteiger partial charge in [0.1, 0.15) is 6.26 Å². The van der Waals surface area contributed by atoms with E-state index in [-0.39, 0.29) is 11.4 Å². The first-order valence-electron chi connectivity index (χ1n) is 5.24. The topological polar surface area (TPSA) is 98.2 Å². The van der Waals surface area contributed by atoms with Crippen LogP contribution in [0.1, 0.15) is 11.3 Å². The molecule has 0 spiro atoms. The van der Waals surface area contributed by atoms with Gasteiger partial charge in [0, 0.05) is 11.8 Å². The van der Waals surface area contributed by atoms with E-state index in [0.29, 0.717) is 16.9 Å². The van der Waals surface area contributed by atoms with Crippen LogP contribution in [0.25, 0.3) is 0 Å². The van der Waals surface area contributed by atoms with Crippen LogP contribution < -0.4 is 10.5 Å². The Morgan fingerprint density at radius 2 is 2.17 bits per heavy atom. The highest BCUT2D eigenvalue weighted by atomic mass is 32.2. The number of rotatable bonds is 4. The molecule has 1 aromatic heterocycles. The number of benzene rings is 1. The lowest BCUT2D eigenvalue weighted by atomic mass is 10.2. The summed E-state index contributed by atoms with van der Waals surface area (Å²) < 4.78 is 31.2. The fourth-order valence-electron chi connectivity index (χ4n) is 1.48. The Hall–Kier alpha value is -1.86. The Balaban J connectivity index is 2.22. The highest BCUT2D eigenvalue weighted by Crippen LogP contribution is 2.18. The van der Waals surface area contributed by atoms with Gasteiger partial charge < -0.3 is 10.3 Å². The molecule has 96 valence electrons. The molecule has 0 aliphatic heterocycles. The number of nitrogen functional groups attached to an aromatic ring is 1. The van der Waals surface area contributed by atoms with E-state index < -0.39 is 10.0 Å². The minimum atomic E-state index is -3.60. The molecule has 0 fully saturated rings. The Bertz CT molecular complexity index is 636. The van der Waals surface area contributed by atoms with Crippen molar-refractivity contribution in [1.82, 2.24) is 9.88 Å². The molecule has 0 saturated heterocycles. The lowest BCUT2D eigenvalue weighted by molar-refractivity contribution is 0.411. The Kier molecular flexibility index (Phi) is 3.35. The van der Waals surface area contributed by atoms with Gasteiger partial charge in [0.2, 0.25) is 10.0 Å². The first kappa shape index (κ1) is 12.6. The molecule has 0 saturated carbocycles. The van der Waals surface area contributed by atoms with E-state index in [4.69, 9.17) is 5.73 Å². The number of aryl methyl sites for hydroxylation is 1. The summed E-state index contributed by atoms with van der Waals surface area (Å²) in [6.07, 6.45) is 1.38. The van der Waals surface area contributed by atoms with Crippen LogP contribution in [0, 0.1) is 6.92 Å². The van der Waals surface area contributed by atoms with Crippen molar-refractivity contribution in [3.8, 4) is 0 Å². The molecule has 0 aliphatic carbocycles. The van der Waals surface area contributed by atoms with Crippen molar-refractivity contribution in [3.63, 3.8) is 0 Å². The maximum Gasteiger partial charge on any atom is 0.241 e. The fourth-order valence-corrected chi connectivity index (χ4v) is 2.76. The summed E-state index contributed by atoms with van der Waals surface area (Å²) in [5, 5.41) is 3.63. The monoisotopic (exact) mass is 267 g/mol. The van der Waals surface area contributed by atoms with Crippen LogP contribution in [0.5, 0.6) is 0 Å². The summed E-state index contributed by atoms with van der Waals surface area (Å²) in [4.78, 5) is 0.172. The molecular formula is C11H13N3O3S. The first-order valence-corrected chi connectivity index (χ1v) is 6.72. The van der Waals surface area contributed by atoms with Crippen LogP contribution in [-0.4, -0.2) is 13.6 Å². The summed E-state index contributed by atoms with van der Waals surface area (Å²) in [5.74, 6) is 0. The molecule has 0 aliphatic rings. The molecule has 18 heavy (non-hydrogen) atoms. The highest BCUT2D eigenvalue weighted by Gasteiger charge is 2.17. The van der Waals surface area contributed by atoms with Gasteiger partial charge in [-0.3, -0.25) is 0 Å². The van der Waals surface area contributed by atoms with Crippen LogP contribution in [0.15, 0.2) is 39.9 Å². The largest absolute Gasteiger partial charge is 0.399 e. The number of aromatic nitrogens is 1.